The van der Waals surface area contributed by atoms with Crippen molar-refractivity contribution in [3.63, 3.8) is 0 Å². The first-order valence-electron chi connectivity index (χ1n) is 5.65. The lowest BCUT2D eigenvalue weighted by Gasteiger charge is -2.30. The van der Waals surface area contributed by atoms with E-state index >= 15 is 0 Å². The molecule has 1 rings (SSSR count). The minimum atomic E-state index is 0.322. The molecule has 1 aromatic carbocycles. The summed E-state index contributed by atoms with van der Waals surface area (Å²) in [6, 6.07) is 8.71. The quantitative estimate of drug-likeness (QED) is 0.761. The first-order valence-corrected chi connectivity index (χ1v) is 5.65. The number of phenols is 1. The molecule has 0 atom stereocenters. The molecule has 0 radical (unpaired) electrons. The third kappa shape index (κ3) is 6.13. The normalized spacial score (nSPS) is 10.4. The Morgan fingerprint density at radius 3 is 1.47 bits per heavy atom. The van der Waals surface area contributed by atoms with Crippen LogP contribution in [0.5, 0.6) is 5.75 Å². The molecule has 0 spiro atoms. The van der Waals surface area contributed by atoms with E-state index in [-0.39, 0.29) is 0 Å². The molecule has 0 unspecified atom stereocenters. The molecule has 0 aliphatic heterocycles. The van der Waals surface area contributed by atoms with Crippen LogP contribution in [0.1, 0.15) is 20.8 Å². The number of benzene rings is 1. The average Bonchev–Trinajstić information content (AvgIpc) is 2.30. The van der Waals surface area contributed by atoms with Crippen molar-refractivity contribution in [2.24, 2.45) is 0 Å². The number of hydrogen-bond acceptors (Lipinski definition) is 1. The Kier molecular flexibility index (Phi) is 6.80. The summed E-state index contributed by atoms with van der Waals surface area (Å²) in [6.07, 6.45) is 0. The summed E-state index contributed by atoms with van der Waals surface area (Å²) in [4.78, 5) is 0. The zero-order valence-electron chi connectivity index (χ0n) is 10.4. The van der Waals surface area contributed by atoms with Crippen molar-refractivity contribution in [2.75, 3.05) is 26.7 Å². The van der Waals surface area contributed by atoms with E-state index < -0.39 is 0 Å². The Morgan fingerprint density at radius 2 is 1.33 bits per heavy atom. The second-order valence-corrected chi connectivity index (χ2v) is 3.90. The van der Waals surface area contributed by atoms with Gasteiger partial charge in [0.2, 0.25) is 0 Å². The molecule has 2 nitrogen and oxygen atoms in total. The van der Waals surface area contributed by atoms with Crippen LogP contribution in [-0.4, -0.2) is 36.3 Å². The molecule has 0 amide bonds. The molecule has 0 aliphatic rings. The van der Waals surface area contributed by atoms with Crippen LogP contribution in [0.15, 0.2) is 30.3 Å². The summed E-state index contributed by atoms with van der Waals surface area (Å²) in [5, 5.41) is 8.63. The largest absolute Gasteiger partial charge is 0.508 e. The molecule has 15 heavy (non-hydrogen) atoms. The average molecular weight is 210 g/mol. The predicted molar refractivity (Wildman–Crippen MR) is 65.9 cm³/mol. The van der Waals surface area contributed by atoms with Crippen LogP contribution in [0, 0.1) is 0 Å². The SMILES string of the molecule is CC[N+](C)(CC)CC.Oc1ccccc1. The molecule has 0 fully saturated rings. The van der Waals surface area contributed by atoms with Crippen LogP contribution in [0.4, 0.5) is 0 Å². The maximum absolute atomic E-state index is 8.63. The summed E-state index contributed by atoms with van der Waals surface area (Å²) < 4.78 is 1.21. The molecule has 2 heteroatoms. The third-order valence-corrected chi connectivity index (χ3v) is 3.05. The van der Waals surface area contributed by atoms with Gasteiger partial charge in [0.25, 0.3) is 0 Å². The molecular formula is C13H24NO+. The molecular weight excluding hydrogens is 186 g/mol. The molecule has 1 aromatic rings. The van der Waals surface area contributed by atoms with E-state index in [0.717, 1.165) is 0 Å². The minimum Gasteiger partial charge on any atom is -0.508 e. The zero-order valence-corrected chi connectivity index (χ0v) is 10.4. The van der Waals surface area contributed by atoms with E-state index in [1.165, 1.54) is 24.1 Å². The first kappa shape index (κ1) is 14.0. The van der Waals surface area contributed by atoms with Gasteiger partial charge in [-0.25, -0.2) is 0 Å². The van der Waals surface area contributed by atoms with Gasteiger partial charge in [0, 0.05) is 0 Å². The van der Waals surface area contributed by atoms with Crippen LogP contribution >= 0.6 is 0 Å². The summed E-state index contributed by atoms with van der Waals surface area (Å²) >= 11 is 0. The van der Waals surface area contributed by atoms with Crippen LogP contribution in [0.25, 0.3) is 0 Å². The van der Waals surface area contributed by atoms with E-state index in [1.807, 2.05) is 6.07 Å². The van der Waals surface area contributed by atoms with Crippen LogP contribution in [-0.2, 0) is 0 Å². The second-order valence-electron chi connectivity index (χ2n) is 3.90. The molecule has 86 valence electrons. The van der Waals surface area contributed by atoms with Gasteiger partial charge in [-0.3, -0.25) is 0 Å². The Bertz CT molecular complexity index is 234. The monoisotopic (exact) mass is 210 g/mol. The van der Waals surface area contributed by atoms with Crippen molar-refractivity contribution in [3.8, 4) is 5.75 Å². The van der Waals surface area contributed by atoms with E-state index in [0.29, 0.717) is 5.75 Å². The highest BCUT2D eigenvalue weighted by atomic mass is 16.3. The van der Waals surface area contributed by atoms with E-state index in [2.05, 4.69) is 27.8 Å². The fourth-order valence-corrected chi connectivity index (χ4v) is 1.10. The summed E-state index contributed by atoms with van der Waals surface area (Å²) in [5.41, 5.74) is 0. The van der Waals surface area contributed by atoms with Gasteiger partial charge in [-0.2, -0.15) is 0 Å². The van der Waals surface area contributed by atoms with E-state index in [4.69, 9.17) is 5.11 Å². The number of nitrogens with zero attached hydrogens (tertiary/aromatic N) is 1. The molecule has 1 N–H and O–H groups in total. The number of phenolic OH excluding ortho intramolecular Hbond substituents is 1. The van der Waals surface area contributed by atoms with Crippen LogP contribution in [0.3, 0.4) is 0 Å². The lowest BCUT2D eigenvalue weighted by Crippen LogP contribution is -2.42. The molecule has 0 heterocycles. The lowest BCUT2D eigenvalue weighted by molar-refractivity contribution is -0.904. The maximum Gasteiger partial charge on any atom is 0.115 e. The van der Waals surface area contributed by atoms with Gasteiger partial charge in [-0.05, 0) is 32.9 Å². The molecule has 0 saturated carbocycles. The van der Waals surface area contributed by atoms with Gasteiger partial charge in [-0.15, -0.1) is 0 Å². The zero-order chi connectivity index (χ0) is 11.7. The second kappa shape index (κ2) is 7.30. The van der Waals surface area contributed by atoms with E-state index in [1.54, 1.807) is 24.3 Å². The fraction of sp³-hybridized carbons (Fsp3) is 0.538. The summed E-state index contributed by atoms with van der Waals surface area (Å²) in [5.74, 6) is 0.322. The Balaban J connectivity index is 0.000000262. The number of hydrogen-bond donors (Lipinski definition) is 1. The van der Waals surface area contributed by atoms with Crippen LogP contribution < -0.4 is 0 Å². The minimum absolute atomic E-state index is 0.322. The van der Waals surface area contributed by atoms with Crippen LogP contribution in [0.2, 0.25) is 0 Å². The molecule has 0 aromatic heterocycles. The summed E-state index contributed by atoms with van der Waals surface area (Å²) in [7, 11) is 2.29. The highest BCUT2D eigenvalue weighted by molar-refractivity contribution is 5.18. The van der Waals surface area contributed by atoms with Gasteiger partial charge in [0.05, 0.1) is 26.7 Å². The lowest BCUT2D eigenvalue weighted by atomic mass is 10.3. The van der Waals surface area contributed by atoms with Crippen molar-refractivity contribution >= 4 is 0 Å². The maximum atomic E-state index is 8.63. The van der Waals surface area contributed by atoms with Gasteiger partial charge in [-0.1, -0.05) is 18.2 Å². The highest BCUT2D eigenvalue weighted by Gasteiger charge is 2.10. The topological polar surface area (TPSA) is 20.2 Å². The molecule has 0 saturated heterocycles. The van der Waals surface area contributed by atoms with Gasteiger partial charge in [0.1, 0.15) is 5.75 Å². The molecule has 0 bridgehead atoms. The number of quaternary nitrogens is 1. The van der Waals surface area contributed by atoms with Gasteiger partial charge >= 0.3 is 0 Å². The highest BCUT2D eigenvalue weighted by Crippen LogP contribution is 2.02. The third-order valence-electron chi connectivity index (χ3n) is 3.05. The standard InChI is InChI=1S/C7H18N.C6H6O/c1-5-8(4,6-2)7-3;7-6-4-2-1-3-5-6/h5-7H2,1-4H3;1-5,7H/q+1;. The molecule has 0 aliphatic carbocycles. The van der Waals surface area contributed by atoms with Crippen molar-refractivity contribution in [2.45, 2.75) is 20.8 Å². The van der Waals surface area contributed by atoms with Crippen molar-refractivity contribution < 1.29 is 9.59 Å². The van der Waals surface area contributed by atoms with Gasteiger partial charge < -0.3 is 9.59 Å². The fourth-order valence-electron chi connectivity index (χ4n) is 1.10. The number of rotatable bonds is 3. The van der Waals surface area contributed by atoms with E-state index in [9.17, 15) is 0 Å². The Labute approximate surface area is 93.8 Å². The first-order chi connectivity index (χ1) is 7.08. The number of aromatic hydroxyl groups is 1. The smallest absolute Gasteiger partial charge is 0.115 e. The Hall–Kier alpha value is -1.02. The summed E-state index contributed by atoms with van der Waals surface area (Å²) in [6.45, 7) is 10.5. The van der Waals surface area contributed by atoms with Crippen molar-refractivity contribution in [1.29, 1.82) is 0 Å². The predicted octanol–water partition coefficient (Wildman–Crippen LogP) is 2.88. The van der Waals surface area contributed by atoms with Crippen molar-refractivity contribution in [3.05, 3.63) is 30.3 Å². The Morgan fingerprint density at radius 1 is 0.933 bits per heavy atom. The van der Waals surface area contributed by atoms with Crippen molar-refractivity contribution in [1.82, 2.24) is 0 Å². The van der Waals surface area contributed by atoms with Gasteiger partial charge in [0.15, 0.2) is 0 Å². The number of para-hydroxylation sites is 1.